The smallest absolute Gasteiger partial charge is 0.376 e. The van der Waals surface area contributed by atoms with Crippen LogP contribution in [0.1, 0.15) is 19.4 Å². The van der Waals surface area contributed by atoms with E-state index in [1.165, 1.54) is 28.6 Å². The zero-order valence-electron chi connectivity index (χ0n) is 17.3. The minimum atomic E-state index is -4.82. The lowest BCUT2D eigenvalue weighted by Crippen LogP contribution is -2.54. The molecular weight excluding hydrogens is 447 g/mol. The van der Waals surface area contributed by atoms with Crippen molar-refractivity contribution in [2.45, 2.75) is 36.6 Å². The van der Waals surface area contributed by atoms with Gasteiger partial charge in [0.15, 0.2) is 5.60 Å². The number of anilines is 2. The number of piperazine rings is 1. The number of nitrogens with two attached hydrogens (primary N) is 1. The number of halogens is 3. The van der Waals surface area contributed by atoms with E-state index in [9.17, 15) is 26.7 Å². The molecule has 1 saturated heterocycles. The van der Waals surface area contributed by atoms with E-state index in [0.29, 0.717) is 12.6 Å². The minimum Gasteiger partial charge on any atom is -0.376 e. The lowest BCUT2D eigenvalue weighted by atomic mass is 9.95. The number of aromatic nitrogens is 2. The first-order valence-corrected chi connectivity index (χ1v) is 11.0. The van der Waals surface area contributed by atoms with Gasteiger partial charge >= 0.3 is 6.18 Å². The predicted octanol–water partition coefficient (Wildman–Crippen LogP) is 1.73. The number of benzene rings is 1. The summed E-state index contributed by atoms with van der Waals surface area (Å²) in [6, 6.07) is 4.78. The molecule has 0 aliphatic carbocycles. The first kappa shape index (κ1) is 23.8. The van der Waals surface area contributed by atoms with Crippen molar-refractivity contribution in [2.75, 3.05) is 30.3 Å². The summed E-state index contributed by atoms with van der Waals surface area (Å²) >= 11 is 0. The molecule has 8 nitrogen and oxygen atoms in total. The van der Waals surface area contributed by atoms with E-state index in [1.807, 2.05) is 4.90 Å². The van der Waals surface area contributed by atoms with Gasteiger partial charge in [0.1, 0.15) is 10.9 Å². The molecule has 0 radical (unpaired) electrons. The molecule has 12 heteroatoms. The first-order valence-electron chi connectivity index (χ1n) is 9.54. The third-order valence-electron chi connectivity index (χ3n) is 5.25. The molecule has 1 aliphatic heterocycles. The molecule has 3 N–H and O–H groups in total. The lowest BCUT2D eigenvalue weighted by Gasteiger charge is -2.40. The molecule has 1 aromatic carbocycles. The van der Waals surface area contributed by atoms with Gasteiger partial charge in [-0.25, -0.2) is 18.4 Å². The Morgan fingerprint density at radius 2 is 1.75 bits per heavy atom. The third-order valence-corrected chi connectivity index (χ3v) is 7.07. The number of sulfonamides is 1. The van der Waals surface area contributed by atoms with Crippen LogP contribution in [0.5, 0.6) is 0 Å². The number of aliphatic hydroxyl groups is 1. The van der Waals surface area contributed by atoms with Crippen LogP contribution in [0.2, 0.25) is 0 Å². The van der Waals surface area contributed by atoms with Gasteiger partial charge in [0.2, 0.25) is 16.0 Å². The fraction of sp³-hybridized carbons (Fsp3) is 0.400. The number of hydrogen-bond acceptors (Lipinski definition) is 7. The predicted molar refractivity (Wildman–Crippen MR) is 112 cm³/mol. The highest BCUT2D eigenvalue weighted by atomic mass is 32.2. The van der Waals surface area contributed by atoms with E-state index in [0.717, 1.165) is 12.4 Å². The molecule has 172 valence electrons. The largest absolute Gasteiger partial charge is 0.421 e. The minimum absolute atomic E-state index is 0.0373. The van der Waals surface area contributed by atoms with E-state index in [1.54, 1.807) is 6.92 Å². The van der Waals surface area contributed by atoms with E-state index < -0.39 is 27.8 Å². The molecular formula is C20H22F3N5O3S. The van der Waals surface area contributed by atoms with Gasteiger partial charge in [-0.3, -0.25) is 0 Å². The van der Waals surface area contributed by atoms with Gasteiger partial charge in [-0.15, -0.1) is 5.92 Å². The monoisotopic (exact) mass is 469 g/mol. The number of rotatable bonds is 4. The molecule has 1 aliphatic rings. The average Bonchev–Trinajstić information content (AvgIpc) is 2.73. The Kier molecular flexibility index (Phi) is 6.37. The Morgan fingerprint density at radius 1 is 1.16 bits per heavy atom. The van der Waals surface area contributed by atoms with Gasteiger partial charge in [-0.1, -0.05) is 18.1 Å². The van der Waals surface area contributed by atoms with Crippen LogP contribution >= 0.6 is 0 Å². The number of nitrogens with zero attached hydrogens (tertiary/aromatic N) is 4. The topological polar surface area (TPSA) is 113 Å². The highest BCUT2D eigenvalue weighted by Crippen LogP contribution is 2.39. The van der Waals surface area contributed by atoms with Crippen molar-refractivity contribution in [3.63, 3.8) is 0 Å². The van der Waals surface area contributed by atoms with Crippen molar-refractivity contribution in [2.24, 2.45) is 0 Å². The molecule has 1 fully saturated rings. The molecule has 2 unspecified atom stereocenters. The van der Waals surface area contributed by atoms with Crippen LogP contribution in [0, 0.1) is 11.8 Å². The fourth-order valence-corrected chi connectivity index (χ4v) is 4.65. The molecule has 2 aromatic rings. The Balaban J connectivity index is 1.84. The second-order valence-corrected chi connectivity index (χ2v) is 9.30. The van der Waals surface area contributed by atoms with Gasteiger partial charge in [0.05, 0.1) is 12.4 Å². The van der Waals surface area contributed by atoms with Crippen molar-refractivity contribution < 1.29 is 26.7 Å². The fourth-order valence-electron chi connectivity index (χ4n) is 3.32. The summed E-state index contributed by atoms with van der Waals surface area (Å²) in [5.74, 6) is 5.68. The van der Waals surface area contributed by atoms with Crippen molar-refractivity contribution in [1.82, 2.24) is 14.3 Å². The van der Waals surface area contributed by atoms with E-state index in [-0.39, 0.29) is 36.0 Å². The maximum absolute atomic E-state index is 13.1. The standard InChI is InChI=1S/C20H22F3N5O3S/c1-3-4-16-13-27(32(30,31)17-11-25-18(24)26-12-17)9-10-28(16)15-7-5-14(6-8-15)19(2,29)20(21,22)23/h5-8,11-12,16,29H,9-10,13H2,1-2H3,(H2,24,25,26). The third kappa shape index (κ3) is 4.50. The molecule has 1 aromatic heterocycles. The normalized spacial score (nSPS) is 19.7. The van der Waals surface area contributed by atoms with Crippen molar-refractivity contribution in [3.05, 3.63) is 42.2 Å². The summed E-state index contributed by atoms with van der Waals surface area (Å²) < 4.78 is 66.4. The summed E-state index contributed by atoms with van der Waals surface area (Å²) in [5.41, 5.74) is 2.70. The molecule has 0 spiro atoms. The van der Waals surface area contributed by atoms with E-state index in [4.69, 9.17) is 5.73 Å². The summed E-state index contributed by atoms with van der Waals surface area (Å²) in [5, 5.41) is 9.86. The molecule has 0 bridgehead atoms. The van der Waals surface area contributed by atoms with Gasteiger partial charge in [-0.05, 0) is 31.5 Å². The molecule has 2 atom stereocenters. The highest BCUT2D eigenvalue weighted by molar-refractivity contribution is 7.89. The van der Waals surface area contributed by atoms with E-state index >= 15 is 0 Å². The van der Waals surface area contributed by atoms with Crippen LogP contribution in [0.3, 0.4) is 0 Å². The molecule has 2 heterocycles. The van der Waals surface area contributed by atoms with Crippen molar-refractivity contribution in [3.8, 4) is 11.8 Å². The number of alkyl halides is 3. The number of hydrogen-bond donors (Lipinski definition) is 2. The van der Waals surface area contributed by atoms with Crippen LogP contribution in [-0.2, 0) is 15.6 Å². The van der Waals surface area contributed by atoms with Crippen LogP contribution in [-0.4, -0.2) is 59.6 Å². The average molecular weight is 469 g/mol. The number of nitrogen functional groups attached to an aromatic ring is 1. The summed E-state index contributed by atoms with van der Waals surface area (Å²) in [6.07, 6.45) is -2.55. The Hall–Kier alpha value is -2.88. The van der Waals surface area contributed by atoms with Gasteiger partial charge in [-0.2, -0.15) is 17.5 Å². The molecule has 32 heavy (non-hydrogen) atoms. The zero-order valence-corrected chi connectivity index (χ0v) is 18.2. The second kappa shape index (κ2) is 8.57. The Bertz CT molecular complexity index is 1120. The summed E-state index contributed by atoms with van der Waals surface area (Å²) in [6.45, 7) is 2.72. The Labute approximate surface area is 183 Å². The second-order valence-electron chi connectivity index (χ2n) is 7.36. The van der Waals surface area contributed by atoms with E-state index in [2.05, 4.69) is 21.8 Å². The van der Waals surface area contributed by atoms with Gasteiger partial charge < -0.3 is 15.7 Å². The van der Waals surface area contributed by atoms with Crippen LogP contribution in [0.15, 0.2) is 41.6 Å². The summed E-state index contributed by atoms with van der Waals surface area (Å²) in [7, 11) is -3.88. The SMILES string of the molecule is CC#CC1CN(S(=O)(=O)c2cnc(N)nc2)CCN1c1ccc(C(C)(O)C(F)(F)F)cc1. The quantitative estimate of drug-likeness (QED) is 0.656. The van der Waals surface area contributed by atoms with Crippen molar-refractivity contribution >= 4 is 21.7 Å². The molecule has 3 rings (SSSR count). The molecule has 0 amide bonds. The lowest BCUT2D eigenvalue weighted by molar-refractivity contribution is -0.258. The maximum atomic E-state index is 13.1. The van der Waals surface area contributed by atoms with Crippen LogP contribution in [0.25, 0.3) is 0 Å². The highest BCUT2D eigenvalue weighted by Gasteiger charge is 2.51. The van der Waals surface area contributed by atoms with Crippen LogP contribution < -0.4 is 10.6 Å². The summed E-state index contributed by atoms with van der Waals surface area (Å²) in [4.78, 5) is 9.17. The van der Waals surface area contributed by atoms with Gasteiger partial charge in [0, 0.05) is 25.3 Å². The van der Waals surface area contributed by atoms with Crippen LogP contribution in [0.4, 0.5) is 24.8 Å². The first-order chi connectivity index (χ1) is 14.9. The van der Waals surface area contributed by atoms with Crippen molar-refractivity contribution in [1.29, 1.82) is 0 Å². The molecule has 0 saturated carbocycles. The van der Waals surface area contributed by atoms with Gasteiger partial charge in [0.25, 0.3) is 0 Å². The maximum Gasteiger partial charge on any atom is 0.421 e. The zero-order chi connectivity index (χ0) is 23.7. The Morgan fingerprint density at radius 3 is 2.28 bits per heavy atom.